The molecule has 0 aliphatic carbocycles. The van der Waals surface area contributed by atoms with E-state index in [1.165, 1.54) is 41.1 Å². The lowest BCUT2D eigenvalue weighted by Crippen LogP contribution is -2.28. The monoisotopic (exact) mass is 458 g/mol. The topological polar surface area (TPSA) is 78.3 Å². The zero-order valence-electron chi connectivity index (χ0n) is 17.5. The van der Waals surface area contributed by atoms with Crippen LogP contribution in [-0.4, -0.2) is 40.2 Å². The lowest BCUT2D eigenvalue weighted by atomic mass is 10.1. The number of anilines is 1. The van der Waals surface area contributed by atoms with Crippen LogP contribution in [-0.2, 0) is 4.74 Å². The molecule has 0 spiro atoms. The maximum Gasteiger partial charge on any atom is 0.573 e. The van der Waals surface area contributed by atoms with E-state index in [0.29, 0.717) is 36.0 Å². The molecule has 172 valence electrons. The molecule has 10 heteroatoms. The number of ether oxygens (including phenoxy) is 2. The molecule has 3 aromatic rings. The van der Waals surface area contributed by atoms with Gasteiger partial charge in [0, 0.05) is 49.5 Å². The minimum Gasteiger partial charge on any atom is -0.406 e. The van der Waals surface area contributed by atoms with Gasteiger partial charge in [-0.3, -0.25) is 9.36 Å². The number of hydrogen-bond donors (Lipinski definition) is 1. The fourth-order valence-electron chi connectivity index (χ4n) is 3.33. The molecule has 3 heterocycles. The van der Waals surface area contributed by atoms with Crippen LogP contribution in [0.5, 0.6) is 5.75 Å². The number of alkyl halides is 3. The van der Waals surface area contributed by atoms with Crippen molar-refractivity contribution in [1.29, 1.82) is 0 Å². The number of nitrogens with one attached hydrogen (secondary N) is 1. The Morgan fingerprint density at radius 1 is 1.12 bits per heavy atom. The predicted octanol–water partition coefficient (Wildman–Crippen LogP) is 4.42. The molecule has 0 radical (unpaired) electrons. The molecule has 0 bridgehead atoms. The lowest BCUT2D eigenvalue weighted by molar-refractivity contribution is -0.274. The van der Waals surface area contributed by atoms with Gasteiger partial charge in [0.2, 0.25) is 5.95 Å². The van der Waals surface area contributed by atoms with Gasteiger partial charge in [-0.05, 0) is 48.7 Å². The zero-order chi connectivity index (χ0) is 23.3. The van der Waals surface area contributed by atoms with Crippen molar-refractivity contribution in [3.8, 4) is 17.0 Å². The number of hydrogen-bond acceptors (Lipinski definition) is 6. The van der Waals surface area contributed by atoms with E-state index in [0.717, 1.165) is 12.8 Å². The fraction of sp³-hybridized carbons (Fsp3) is 0.261. The van der Waals surface area contributed by atoms with Gasteiger partial charge in [0.15, 0.2) is 0 Å². The van der Waals surface area contributed by atoms with Crippen LogP contribution in [0.3, 0.4) is 0 Å². The molecule has 33 heavy (non-hydrogen) atoms. The Hall–Kier alpha value is -3.66. The molecular weight excluding hydrogens is 437 g/mol. The first-order valence-corrected chi connectivity index (χ1v) is 10.3. The van der Waals surface area contributed by atoms with E-state index in [-0.39, 0.29) is 17.4 Å². The van der Waals surface area contributed by atoms with E-state index < -0.39 is 6.36 Å². The molecule has 0 saturated carbocycles. The molecule has 1 N–H and O–H groups in total. The van der Waals surface area contributed by atoms with Gasteiger partial charge in [-0.25, -0.2) is 9.97 Å². The minimum atomic E-state index is -4.74. The van der Waals surface area contributed by atoms with Gasteiger partial charge in [0.1, 0.15) is 5.75 Å². The first kappa shape index (κ1) is 22.5. The van der Waals surface area contributed by atoms with Crippen molar-refractivity contribution in [2.45, 2.75) is 25.2 Å². The molecular formula is C23H21F3N4O3. The van der Waals surface area contributed by atoms with E-state index in [1.807, 2.05) is 0 Å². The van der Waals surface area contributed by atoms with Gasteiger partial charge >= 0.3 is 6.36 Å². The van der Waals surface area contributed by atoms with Gasteiger partial charge in [-0.15, -0.1) is 13.2 Å². The van der Waals surface area contributed by atoms with Gasteiger partial charge in [0.25, 0.3) is 5.56 Å². The van der Waals surface area contributed by atoms with Crippen molar-refractivity contribution in [3.05, 3.63) is 70.8 Å². The predicted molar refractivity (Wildman–Crippen MR) is 118 cm³/mol. The van der Waals surface area contributed by atoms with Crippen molar-refractivity contribution in [3.63, 3.8) is 0 Å². The molecule has 2 aromatic heterocycles. The van der Waals surface area contributed by atoms with Gasteiger partial charge in [0.05, 0.1) is 5.69 Å². The second-order valence-corrected chi connectivity index (χ2v) is 7.39. The summed E-state index contributed by atoms with van der Waals surface area (Å²) in [5, 5.41) is 3.30. The maximum atomic E-state index is 12.5. The summed E-state index contributed by atoms with van der Waals surface area (Å²) in [6, 6.07) is 10.5. The maximum absolute atomic E-state index is 12.5. The average Bonchev–Trinajstić information content (AvgIpc) is 2.79. The molecule has 0 amide bonds. The van der Waals surface area contributed by atoms with Gasteiger partial charge < -0.3 is 14.8 Å². The summed E-state index contributed by atoms with van der Waals surface area (Å²) in [4.78, 5) is 21.3. The van der Waals surface area contributed by atoms with E-state index in [2.05, 4.69) is 20.0 Å². The summed E-state index contributed by atoms with van der Waals surface area (Å²) in [6.45, 7) is 1.41. The average molecular weight is 458 g/mol. The molecule has 0 atom stereocenters. The number of benzene rings is 1. The highest BCUT2D eigenvalue weighted by atomic mass is 19.4. The Balaban J connectivity index is 1.45. The quantitative estimate of drug-likeness (QED) is 0.589. The normalized spacial score (nSPS) is 15.0. The highest BCUT2D eigenvalue weighted by molar-refractivity contribution is 5.63. The second-order valence-electron chi connectivity index (χ2n) is 7.39. The Kier molecular flexibility index (Phi) is 6.74. The van der Waals surface area contributed by atoms with Crippen LogP contribution in [0, 0.1) is 0 Å². The number of halogens is 3. The Morgan fingerprint density at radius 3 is 2.58 bits per heavy atom. The Morgan fingerprint density at radius 2 is 1.88 bits per heavy atom. The van der Waals surface area contributed by atoms with E-state index in [4.69, 9.17) is 4.74 Å². The molecule has 1 aliphatic heterocycles. The summed E-state index contributed by atoms with van der Waals surface area (Å²) in [5.41, 5.74) is 1.60. The van der Waals surface area contributed by atoms with Crippen LogP contribution < -0.4 is 15.6 Å². The molecule has 1 fully saturated rings. The summed E-state index contributed by atoms with van der Waals surface area (Å²) in [5.74, 6) is 0.193. The smallest absolute Gasteiger partial charge is 0.406 e. The molecule has 0 unspecified atom stereocenters. The SMILES string of the molecule is O=c1cc(-c2ccnc(NC3CCOCC3)n2)ccn1/C=C/c1ccc(OC(F)(F)F)cc1. The number of aromatic nitrogens is 3. The summed E-state index contributed by atoms with van der Waals surface area (Å²) in [7, 11) is 0. The summed E-state index contributed by atoms with van der Waals surface area (Å²) < 4.78 is 47.3. The standard InChI is InChI=1S/C23H21F3N4O3/c24-23(25,26)33-19-3-1-16(2-4-19)6-11-30-12-7-17(15-21(30)31)20-5-10-27-22(29-20)28-18-8-13-32-14-9-18/h1-7,10-12,15,18H,8-9,13-14H2,(H,27,28,29)/b11-6+. The van der Waals surface area contributed by atoms with Crippen LogP contribution in [0.4, 0.5) is 19.1 Å². The lowest BCUT2D eigenvalue weighted by Gasteiger charge is -2.23. The third-order valence-corrected chi connectivity index (χ3v) is 5.00. The highest BCUT2D eigenvalue weighted by Crippen LogP contribution is 2.23. The summed E-state index contributed by atoms with van der Waals surface area (Å²) in [6.07, 6.45) is 3.41. The second kappa shape index (κ2) is 9.86. The summed E-state index contributed by atoms with van der Waals surface area (Å²) >= 11 is 0. The first-order valence-electron chi connectivity index (χ1n) is 10.3. The Bertz CT molecular complexity index is 1170. The van der Waals surface area contributed by atoms with Crippen LogP contribution in [0.25, 0.3) is 23.5 Å². The van der Waals surface area contributed by atoms with E-state index in [1.54, 1.807) is 30.6 Å². The van der Waals surface area contributed by atoms with Gasteiger partial charge in [-0.2, -0.15) is 0 Å². The zero-order valence-corrected chi connectivity index (χ0v) is 17.5. The minimum absolute atomic E-state index is 0.251. The Labute approximate surface area is 187 Å². The van der Waals surface area contributed by atoms with Crippen LogP contribution >= 0.6 is 0 Å². The molecule has 7 nitrogen and oxygen atoms in total. The first-order chi connectivity index (χ1) is 15.9. The van der Waals surface area contributed by atoms with Crippen LogP contribution in [0.15, 0.2) is 59.7 Å². The molecule has 1 saturated heterocycles. The molecule has 4 rings (SSSR count). The third kappa shape index (κ3) is 6.42. The van der Waals surface area contributed by atoms with E-state index >= 15 is 0 Å². The van der Waals surface area contributed by atoms with Crippen molar-refractivity contribution >= 4 is 18.2 Å². The fourth-order valence-corrected chi connectivity index (χ4v) is 3.33. The highest BCUT2D eigenvalue weighted by Gasteiger charge is 2.30. The molecule has 1 aliphatic rings. The van der Waals surface area contributed by atoms with E-state index in [9.17, 15) is 18.0 Å². The largest absolute Gasteiger partial charge is 0.573 e. The van der Waals surface area contributed by atoms with Crippen molar-refractivity contribution in [2.24, 2.45) is 0 Å². The number of nitrogens with zero attached hydrogens (tertiary/aromatic N) is 3. The number of pyridine rings is 1. The van der Waals surface area contributed by atoms with Crippen molar-refractivity contribution < 1.29 is 22.6 Å². The third-order valence-electron chi connectivity index (χ3n) is 5.00. The van der Waals surface area contributed by atoms with Crippen LogP contribution in [0.1, 0.15) is 18.4 Å². The van der Waals surface area contributed by atoms with Crippen molar-refractivity contribution in [1.82, 2.24) is 14.5 Å². The van der Waals surface area contributed by atoms with Gasteiger partial charge in [-0.1, -0.05) is 12.1 Å². The number of rotatable bonds is 6. The van der Waals surface area contributed by atoms with Crippen molar-refractivity contribution in [2.75, 3.05) is 18.5 Å². The van der Waals surface area contributed by atoms with Crippen LogP contribution in [0.2, 0.25) is 0 Å². The molecule has 1 aromatic carbocycles.